The van der Waals surface area contributed by atoms with Gasteiger partial charge in [0.05, 0.1) is 5.52 Å². The first-order chi connectivity index (χ1) is 10.4. The second-order valence-corrected chi connectivity index (χ2v) is 5.43. The standard InChI is InChI=1S/C19H22N2/c1-2-3-7-13-20-17-10-11-19-16(15-17)12-14-21(19)18-8-5-4-6-9-18/h4-6,8-12,14-15,20H,2-3,7,13H2,1H3. The van der Waals surface area contributed by atoms with E-state index in [0.717, 1.165) is 6.54 Å². The van der Waals surface area contributed by atoms with Crippen LogP contribution in [0.15, 0.2) is 60.8 Å². The molecule has 21 heavy (non-hydrogen) atoms. The Labute approximate surface area is 126 Å². The van der Waals surface area contributed by atoms with E-state index in [1.54, 1.807) is 0 Å². The molecule has 2 nitrogen and oxygen atoms in total. The molecule has 0 radical (unpaired) electrons. The van der Waals surface area contributed by atoms with E-state index in [1.807, 2.05) is 6.07 Å². The predicted molar refractivity (Wildman–Crippen MR) is 91.3 cm³/mol. The van der Waals surface area contributed by atoms with Crippen LogP contribution in [0.4, 0.5) is 5.69 Å². The molecule has 0 aliphatic rings. The third-order valence-electron chi connectivity index (χ3n) is 3.83. The molecule has 0 amide bonds. The molecule has 0 atom stereocenters. The van der Waals surface area contributed by atoms with E-state index in [2.05, 4.69) is 71.5 Å². The van der Waals surface area contributed by atoms with E-state index in [1.165, 1.54) is 41.5 Å². The molecule has 0 unspecified atom stereocenters. The highest BCUT2D eigenvalue weighted by atomic mass is 15.0. The van der Waals surface area contributed by atoms with Gasteiger partial charge in [-0.2, -0.15) is 0 Å². The molecule has 3 rings (SSSR count). The van der Waals surface area contributed by atoms with Gasteiger partial charge in [-0.1, -0.05) is 38.0 Å². The normalized spacial score (nSPS) is 10.9. The Bertz CT molecular complexity index is 698. The highest BCUT2D eigenvalue weighted by Crippen LogP contribution is 2.23. The van der Waals surface area contributed by atoms with E-state index >= 15 is 0 Å². The third-order valence-corrected chi connectivity index (χ3v) is 3.83. The van der Waals surface area contributed by atoms with Crippen molar-refractivity contribution in [2.75, 3.05) is 11.9 Å². The minimum atomic E-state index is 1.05. The number of hydrogen-bond acceptors (Lipinski definition) is 1. The molecule has 0 fully saturated rings. The maximum atomic E-state index is 3.51. The van der Waals surface area contributed by atoms with Crippen LogP contribution in [0.3, 0.4) is 0 Å². The molecule has 0 saturated carbocycles. The van der Waals surface area contributed by atoms with Gasteiger partial charge in [-0.05, 0) is 42.8 Å². The monoisotopic (exact) mass is 278 g/mol. The molecular weight excluding hydrogens is 256 g/mol. The van der Waals surface area contributed by atoms with Crippen LogP contribution in [0.1, 0.15) is 26.2 Å². The summed E-state index contributed by atoms with van der Waals surface area (Å²) in [5, 5.41) is 4.79. The molecule has 1 N–H and O–H groups in total. The van der Waals surface area contributed by atoms with Crippen molar-refractivity contribution in [3.8, 4) is 5.69 Å². The van der Waals surface area contributed by atoms with E-state index in [0.29, 0.717) is 0 Å². The average molecular weight is 278 g/mol. The molecule has 0 bridgehead atoms. The number of rotatable bonds is 6. The molecule has 2 aromatic carbocycles. The second-order valence-electron chi connectivity index (χ2n) is 5.43. The number of nitrogens with one attached hydrogen (secondary N) is 1. The first-order valence-corrected chi connectivity index (χ1v) is 7.79. The summed E-state index contributed by atoms with van der Waals surface area (Å²) in [7, 11) is 0. The van der Waals surface area contributed by atoms with E-state index in [4.69, 9.17) is 0 Å². The quantitative estimate of drug-likeness (QED) is 0.611. The van der Waals surface area contributed by atoms with Crippen LogP contribution in [0.2, 0.25) is 0 Å². The summed E-state index contributed by atoms with van der Waals surface area (Å²) in [4.78, 5) is 0. The Morgan fingerprint density at radius 3 is 2.62 bits per heavy atom. The van der Waals surface area contributed by atoms with Crippen molar-refractivity contribution in [1.82, 2.24) is 4.57 Å². The van der Waals surface area contributed by atoms with Gasteiger partial charge >= 0.3 is 0 Å². The number of fused-ring (bicyclic) bond motifs is 1. The van der Waals surface area contributed by atoms with Crippen molar-refractivity contribution >= 4 is 16.6 Å². The van der Waals surface area contributed by atoms with Crippen molar-refractivity contribution < 1.29 is 0 Å². The van der Waals surface area contributed by atoms with Gasteiger partial charge in [-0.25, -0.2) is 0 Å². The summed E-state index contributed by atoms with van der Waals surface area (Å²) in [6.07, 6.45) is 5.93. The Morgan fingerprint density at radius 1 is 0.952 bits per heavy atom. The lowest BCUT2D eigenvalue weighted by Crippen LogP contribution is -2.01. The molecular formula is C19H22N2. The molecule has 0 aliphatic carbocycles. The molecule has 1 heterocycles. The number of aromatic nitrogens is 1. The van der Waals surface area contributed by atoms with Crippen molar-refractivity contribution in [2.24, 2.45) is 0 Å². The lowest BCUT2D eigenvalue weighted by atomic mass is 10.2. The molecule has 3 aromatic rings. The predicted octanol–water partition coefficient (Wildman–Crippen LogP) is 5.23. The smallest absolute Gasteiger partial charge is 0.0529 e. The van der Waals surface area contributed by atoms with E-state index in [-0.39, 0.29) is 0 Å². The number of para-hydroxylation sites is 1. The first-order valence-electron chi connectivity index (χ1n) is 7.79. The number of hydrogen-bond donors (Lipinski definition) is 1. The van der Waals surface area contributed by atoms with Crippen molar-refractivity contribution in [1.29, 1.82) is 0 Å². The Kier molecular flexibility index (Phi) is 4.25. The highest BCUT2D eigenvalue weighted by molar-refractivity contribution is 5.85. The Balaban J connectivity index is 1.81. The van der Waals surface area contributed by atoms with Crippen LogP contribution in [0.5, 0.6) is 0 Å². The first kappa shape index (κ1) is 13.7. The van der Waals surface area contributed by atoms with E-state index in [9.17, 15) is 0 Å². The maximum Gasteiger partial charge on any atom is 0.0529 e. The van der Waals surface area contributed by atoms with E-state index < -0.39 is 0 Å². The maximum absolute atomic E-state index is 3.51. The van der Waals surface area contributed by atoms with Crippen LogP contribution in [-0.4, -0.2) is 11.1 Å². The fraction of sp³-hybridized carbons (Fsp3) is 0.263. The zero-order chi connectivity index (χ0) is 14.5. The van der Waals surface area contributed by atoms with Gasteiger partial charge in [-0.15, -0.1) is 0 Å². The Morgan fingerprint density at radius 2 is 1.81 bits per heavy atom. The second kappa shape index (κ2) is 6.49. The summed E-state index contributed by atoms with van der Waals surface area (Å²) in [6.45, 7) is 3.29. The summed E-state index contributed by atoms with van der Waals surface area (Å²) >= 11 is 0. The van der Waals surface area contributed by atoms with Gasteiger partial charge in [0, 0.05) is 29.5 Å². The molecule has 0 saturated heterocycles. The fourth-order valence-electron chi connectivity index (χ4n) is 2.67. The molecule has 108 valence electrons. The van der Waals surface area contributed by atoms with Gasteiger partial charge in [0.25, 0.3) is 0 Å². The number of unbranched alkanes of at least 4 members (excludes halogenated alkanes) is 2. The van der Waals surface area contributed by atoms with Crippen LogP contribution >= 0.6 is 0 Å². The zero-order valence-electron chi connectivity index (χ0n) is 12.5. The fourth-order valence-corrected chi connectivity index (χ4v) is 2.67. The van der Waals surface area contributed by atoms with Gasteiger partial charge in [0.15, 0.2) is 0 Å². The van der Waals surface area contributed by atoms with Gasteiger partial charge in [0.1, 0.15) is 0 Å². The summed E-state index contributed by atoms with van der Waals surface area (Å²) in [5.74, 6) is 0. The molecule has 2 heteroatoms. The average Bonchev–Trinajstić information content (AvgIpc) is 2.95. The molecule has 1 aromatic heterocycles. The van der Waals surface area contributed by atoms with Gasteiger partial charge < -0.3 is 9.88 Å². The van der Waals surface area contributed by atoms with Gasteiger partial charge in [0.2, 0.25) is 0 Å². The summed E-state index contributed by atoms with van der Waals surface area (Å²) in [5.41, 5.74) is 3.67. The number of benzene rings is 2. The topological polar surface area (TPSA) is 17.0 Å². The minimum absolute atomic E-state index is 1.05. The van der Waals surface area contributed by atoms with Crippen LogP contribution in [-0.2, 0) is 0 Å². The largest absolute Gasteiger partial charge is 0.385 e. The van der Waals surface area contributed by atoms with Crippen LogP contribution in [0.25, 0.3) is 16.6 Å². The lowest BCUT2D eigenvalue weighted by Gasteiger charge is -2.08. The summed E-state index contributed by atoms with van der Waals surface area (Å²) in [6, 6.07) is 19.3. The highest BCUT2D eigenvalue weighted by Gasteiger charge is 2.03. The SMILES string of the molecule is CCCCCNc1ccc2c(ccn2-c2ccccc2)c1. The third kappa shape index (κ3) is 3.10. The van der Waals surface area contributed by atoms with Crippen molar-refractivity contribution in [2.45, 2.75) is 26.2 Å². The van der Waals surface area contributed by atoms with Crippen molar-refractivity contribution in [3.05, 3.63) is 60.8 Å². The number of anilines is 1. The lowest BCUT2D eigenvalue weighted by molar-refractivity contribution is 0.744. The number of nitrogens with zero attached hydrogens (tertiary/aromatic N) is 1. The zero-order valence-corrected chi connectivity index (χ0v) is 12.5. The molecule has 0 aliphatic heterocycles. The minimum Gasteiger partial charge on any atom is -0.385 e. The molecule has 0 spiro atoms. The Hall–Kier alpha value is -2.22. The van der Waals surface area contributed by atoms with Gasteiger partial charge in [-0.3, -0.25) is 0 Å². The van der Waals surface area contributed by atoms with Crippen LogP contribution in [0, 0.1) is 0 Å². The summed E-state index contributed by atoms with van der Waals surface area (Å²) < 4.78 is 2.23. The van der Waals surface area contributed by atoms with Crippen LogP contribution < -0.4 is 5.32 Å². The van der Waals surface area contributed by atoms with Crippen molar-refractivity contribution in [3.63, 3.8) is 0 Å².